The Bertz CT molecular complexity index is 643. The van der Waals surface area contributed by atoms with Crippen molar-refractivity contribution in [1.29, 1.82) is 0 Å². The lowest BCUT2D eigenvalue weighted by Gasteiger charge is -2.14. The van der Waals surface area contributed by atoms with E-state index < -0.39 is 0 Å². The molecule has 23 heavy (non-hydrogen) atoms. The maximum Gasteiger partial charge on any atom is 0.203 e. The molecule has 4 nitrogen and oxygen atoms in total. The second kappa shape index (κ2) is 7.88. The van der Waals surface area contributed by atoms with Crippen LogP contribution in [-0.2, 0) is 13.1 Å². The van der Waals surface area contributed by atoms with E-state index in [0.29, 0.717) is 17.2 Å². The summed E-state index contributed by atoms with van der Waals surface area (Å²) in [6.45, 7) is 5.81. The van der Waals surface area contributed by atoms with Gasteiger partial charge in [0.15, 0.2) is 11.5 Å². The Balaban J connectivity index is 2.06. The van der Waals surface area contributed by atoms with E-state index in [1.54, 1.807) is 21.3 Å². The van der Waals surface area contributed by atoms with Crippen molar-refractivity contribution in [2.24, 2.45) is 0 Å². The van der Waals surface area contributed by atoms with Crippen molar-refractivity contribution in [1.82, 2.24) is 5.32 Å². The molecule has 0 unspecified atom stereocenters. The molecule has 0 aliphatic heterocycles. The van der Waals surface area contributed by atoms with E-state index in [4.69, 9.17) is 14.2 Å². The molecule has 1 N–H and O–H groups in total. The second-order valence-electron chi connectivity index (χ2n) is 5.56. The summed E-state index contributed by atoms with van der Waals surface area (Å²) in [6, 6.07) is 10.5. The largest absolute Gasteiger partial charge is 0.493 e. The maximum absolute atomic E-state index is 5.38. The standard InChI is InChI=1S/C19H25NO3/c1-13-6-7-15(8-14(13)2)11-20-12-16-9-17(21-3)19(23-5)18(10-16)22-4/h6-10,20H,11-12H2,1-5H3. The van der Waals surface area contributed by atoms with Crippen LogP contribution >= 0.6 is 0 Å². The third-order valence-electron chi connectivity index (χ3n) is 3.95. The Morgan fingerprint density at radius 3 is 1.87 bits per heavy atom. The van der Waals surface area contributed by atoms with Gasteiger partial charge in [0.25, 0.3) is 0 Å². The van der Waals surface area contributed by atoms with Gasteiger partial charge >= 0.3 is 0 Å². The minimum atomic E-state index is 0.618. The quantitative estimate of drug-likeness (QED) is 0.847. The Morgan fingerprint density at radius 2 is 1.35 bits per heavy atom. The zero-order chi connectivity index (χ0) is 16.8. The van der Waals surface area contributed by atoms with Crippen LogP contribution in [0.15, 0.2) is 30.3 Å². The average Bonchev–Trinajstić information content (AvgIpc) is 2.57. The molecular weight excluding hydrogens is 290 g/mol. The first kappa shape index (κ1) is 17.2. The highest BCUT2D eigenvalue weighted by Gasteiger charge is 2.12. The lowest BCUT2D eigenvalue weighted by molar-refractivity contribution is 0.323. The van der Waals surface area contributed by atoms with Crippen molar-refractivity contribution < 1.29 is 14.2 Å². The summed E-state index contributed by atoms with van der Waals surface area (Å²) in [7, 11) is 4.87. The number of rotatable bonds is 7. The summed E-state index contributed by atoms with van der Waals surface area (Å²) in [6.07, 6.45) is 0. The summed E-state index contributed by atoms with van der Waals surface area (Å²) in [5.74, 6) is 1.97. The molecule has 0 amide bonds. The molecule has 0 bridgehead atoms. The highest BCUT2D eigenvalue weighted by atomic mass is 16.5. The summed E-state index contributed by atoms with van der Waals surface area (Å²) in [5.41, 5.74) is 5.00. The van der Waals surface area contributed by atoms with Crippen LogP contribution in [0.5, 0.6) is 17.2 Å². The lowest BCUT2D eigenvalue weighted by Crippen LogP contribution is -2.13. The monoisotopic (exact) mass is 315 g/mol. The Kier molecular flexibility index (Phi) is 5.88. The van der Waals surface area contributed by atoms with Gasteiger partial charge < -0.3 is 19.5 Å². The van der Waals surface area contributed by atoms with Gasteiger partial charge in [-0.1, -0.05) is 18.2 Å². The third-order valence-corrected chi connectivity index (χ3v) is 3.95. The van der Waals surface area contributed by atoms with E-state index in [-0.39, 0.29) is 0 Å². The van der Waals surface area contributed by atoms with Gasteiger partial charge in [0, 0.05) is 13.1 Å². The molecule has 0 aliphatic rings. The Labute approximate surface area is 138 Å². The molecular formula is C19H25NO3. The predicted octanol–water partition coefficient (Wildman–Crippen LogP) is 3.62. The van der Waals surface area contributed by atoms with Crippen LogP contribution in [0.25, 0.3) is 0 Å². The van der Waals surface area contributed by atoms with Gasteiger partial charge in [-0.3, -0.25) is 0 Å². The van der Waals surface area contributed by atoms with E-state index in [0.717, 1.165) is 18.7 Å². The molecule has 0 radical (unpaired) electrons. The van der Waals surface area contributed by atoms with E-state index in [1.165, 1.54) is 16.7 Å². The van der Waals surface area contributed by atoms with Crippen molar-refractivity contribution >= 4 is 0 Å². The Morgan fingerprint density at radius 1 is 0.739 bits per heavy atom. The molecule has 0 heterocycles. The molecule has 0 spiro atoms. The van der Waals surface area contributed by atoms with E-state index in [2.05, 4.69) is 37.4 Å². The average molecular weight is 315 g/mol. The van der Waals surface area contributed by atoms with Gasteiger partial charge in [-0.25, -0.2) is 0 Å². The molecule has 0 aromatic heterocycles. The second-order valence-corrected chi connectivity index (χ2v) is 5.56. The predicted molar refractivity (Wildman–Crippen MR) is 92.6 cm³/mol. The molecule has 2 aromatic rings. The summed E-state index contributed by atoms with van der Waals surface area (Å²) >= 11 is 0. The highest BCUT2D eigenvalue weighted by Crippen LogP contribution is 2.38. The molecule has 2 rings (SSSR count). The molecule has 0 saturated carbocycles. The fraction of sp³-hybridized carbons (Fsp3) is 0.368. The van der Waals surface area contributed by atoms with Crippen LogP contribution in [0.3, 0.4) is 0 Å². The highest BCUT2D eigenvalue weighted by molar-refractivity contribution is 5.53. The van der Waals surface area contributed by atoms with Gasteiger partial charge in [0.2, 0.25) is 5.75 Å². The summed E-state index contributed by atoms with van der Waals surface area (Å²) in [4.78, 5) is 0. The van der Waals surface area contributed by atoms with Gasteiger partial charge in [0.05, 0.1) is 21.3 Å². The Hall–Kier alpha value is -2.20. The topological polar surface area (TPSA) is 39.7 Å². The summed E-state index contributed by atoms with van der Waals surface area (Å²) < 4.78 is 16.1. The lowest BCUT2D eigenvalue weighted by atomic mass is 10.1. The van der Waals surface area contributed by atoms with E-state index >= 15 is 0 Å². The van der Waals surface area contributed by atoms with E-state index in [1.807, 2.05) is 12.1 Å². The molecule has 0 atom stereocenters. The van der Waals surface area contributed by atoms with Gasteiger partial charge in [-0.15, -0.1) is 0 Å². The fourth-order valence-corrected chi connectivity index (χ4v) is 2.50. The number of hydrogen-bond acceptors (Lipinski definition) is 4. The number of benzene rings is 2. The maximum atomic E-state index is 5.38. The van der Waals surface area contributed by atoms with Gasteiger partial charge in [-0.05, 0) is 48.2 Å². The first-order valence-corrected chi connectivity index (χ1v) is 7.64. The van der Waals surface area contributed by atoms with Crippen molar-refractivity contribution in [2.75, 3.05) is 21.3 Å². The van der Waals surface area contributed by atoms with Crippen molar-refractivity contribution in [3.8, 4) is 17.2 Å². The summed E-state index contributed by atoms with van der Waals surface area (Å²) in [5, 5.41) is 3.45. The number of nitrogens with one attached hydrogen (secondary N) is 1. The SMILES string of the molecule is COc1cc(CNCc2ccc(C)c(C)c2)cc(OC)c1OC. The molecule has 0 fully saturated rings. The number of ether oxygens (including phenoxy) is 3. The van der Waals surface area contributed by atoms with Crippen LogP contribution < -0.4 is 19.5 Å². The van der Waals surface area contributed by atoms with Crippen LogP contribution in [0.4, 0.5) is 0 Å². The molecule has 124 valence electrons. The van der Waals surface area contributed by atoms with Crippen LogP contribution in [0.1, 0.15) is 22.3 Å². The first-order chi connectivity index (χ1) is 11.1. The van der Waals surface area contributed by atoms with Gasteiger partial charge in [0.1, 0.15) is 0 Å². The first-order valence-electron chi connectivity index (χ1n) is 7.64. The van der Waals surface area contributed by atoms with Crippen molar-refractivity contribution in [2.45, 2.75) is 26.9 Å². The minimum Gasteiger partial charge on any atom is -0.493 e. The van der Waals surface area contributed by atoms with Gasteiger partial charge in [-0.2, -0.15) is 0 Å². The van der Waals surface area contributed by atoms with Crippen LogP contribution in [-0.4, -0.2) is 21.3 Å². The fourth-order valence-electron chi connectivity index (χ4n) is 2.50. The normalized spacial score (nSPS) is 10.5. The molecule has 2 aromatic carbocycles. The molecule has 0 saturated heterocycles. The minimum absolute atomic E-state index is 0.618. The zero-order valence-corrected chi connectivity index (χ0v) is 14.5. The number of aryl methyl sites for hydroxylation is 2. The van der Waals surface area contributed by atoms with Crippen molar-refractivity contribution in [3.63, 3.8) is 0 Å². The number of methoxy groups -OCH3 is 3. The van der Waals surface area contributed by atoms with E-state index in [9.17, 15) is 0 Å². The zero-order valence-electron chi connectivity index (χ0n) is 14.5. The number of hydrogen-bond donors (Lipinski definition) is 1. The smallest absolute Gasteiger partial charge is 0.203 e. The molecule has 0 aliphatic carbocycles. The van der Waals surface area contributed by atoms with Crippen LogP contribution in [0, 0.1) is 13.8 Å². The van der Waals surface area contributed by atoms with Crippen LogP contribution in [0.2, 0.25) is 0 Å². The third kappa shape index (κ3) is 4.17. The molecule has 4 heteroatoms. The van der Waals surface area contributed by atoms with Crippen molar-refractivity contribution in [3.05, 3.63) is 52.6 Å².